The van der Waals surface area contributed by atoms with E-state index in [0.29, 0.717) is 13.2 Å². The number of hydrogen-bond donors (Lipinski definition) is 0. The van der Waals surface area contributed by atoms with E-state index in [1.165, 1.54) is 16.7 Å². The summed E-state index contributed by atoms with van der Waals surface area (Å²) in [5.41, 5.74) is 5.08. The van der Waals surface area contributed by atoms with Crippen molar-refractivity contribution in [2.24, 2.45) is 0 Å². The van der Waals surface area contributed by atoms with E-state index in [2.05, 4.69) is 25.1 Å². The van der Waals surface area contributed by atoms with Gasteiger partial charge in [0.1, 0.15) is 6.61 Å². The predicted molar refractivity (Wildman–Crippen MR) is 86.6 cm³/mol. The fourth-order valence-electron chi connectivity index (χ4n) is 2.99. The lowest BCUT2D eigenvalue weighted by atomic mass is 9.93. The van der Waals surface area contributed by atoms with Crippen LogP contribution >= 0.6 is 0 Å². The highest BCUT2D eigenvalue weighted by molar-refractivity contribution is 5.68. The highest BCUT2D eigenvalue weighted by Gasteiger charge is 2.22. The zero-order chi connectivity index (χ0) is 15.4. The van der Waals surface area contributed by atoms with Crippen molar-refractivity contribution < 1.29 is 9.53 Å². The summed E-state index contributed by atoms with van der Waals surface area (Å²) in [6.07, 6.45) is 1.73. The van der Waals surface area contributed by atoms with Crippen LogP contribution in [0.3, 0.4) is 0 Å². The van der Waals surface area contributed by atoms with Crippen LogP contribution in [0.25, 0.3) is 0 Å². The molecule has 0 radical (unpaired) electrons. The average Bonchev–Trinajstić information content (AvgIpc) is 2.59. The Morgan fingerprint density at radius 1 is 1.14 bits per heavy atom. The summed E-state index contributed by atoms with van der Waals surface area (Å²) in [5, 5.41) is 0. The molecule has 114 valence electrons. The standard InChI is InChI=1S/C19H21NO2/c1-2-16-9-6-10-17-13-20(12-11-18(16)17)19(21)22-14-15-7-4-3-5-8-15/h3-10H,2,11-14H2,1H3. The van der Waals surface area contributed by atoms with Crippen LogP contribution in [0.5, 0.6) is 0 Å². The quantitative estimate of drug-likeness (QED) is 0.858. The SMILES string of the molecule is CCc1cccc2c1CCN(C(=O)OCc1ccccc1)C2. The number of fused-ring (bicyclic) bond motifs is 1. The van der Waals surface area contributed by atoms with Gasteiger partial charge in [-0.2, -0.15) is 0 Å². The van der Waals surface area contributed by atoms with Gasteiger partial charge in [-0.25, -0.2) is 4.79 Å². The second-order valence-electron chi connectivity index (χ2n) is 5.62. The molecule has 0 N–H and O–H groups in total. The largest absolute Gasteiger partial charge is 0.445 e. The van der Waals surface area contributed by atoms with Crippen molar-refractivity contribution in [3.8, 4) is 0 Å². The van der Waals surface area contributed by atoms with E-state index in [-0.39, 0.29) is 6.09 Å². The summed E-state index contributed by atoms with van der Waals surface area (Å²) in [4.78, 5) is 14.0. The molecule has 2 aromatic rings. The number of hydrogen-bond acceptors (Lipinski definition) is 2. The first kappa shape index (κ1) is 14.6. The van der Waals surface area contributed by atoms with E-state index in [9.17, 15) is 4.79 Å². The molecule has 1 heterocycles. The molecule has 0 spiro atoms. The molecule has 0 bridgehead atoms. The van der Waals surface area contributed by atoms with Crippen molar-refractivity contribution >= 4 is 6.09 Å². The van der Waals surface area contributed by atoms with Crippen molar-refractivity contribution in [2.45, 2.75) is 32.9 Å². The van der Waals surface area contributed by atoms with Crippen molar-refractivity contribution in [1.82, 2.24) is 4.90 Å². The molecule has 0 saturated carbocycles. The molecule has 1 amide bonds. The van der Waals surface area contributed by atoms with Gasteiger partial charge in [-0.15, -0.1) is 0 Å². The molecule has 0 aliphatic carbocycles. The zero-order valence-corrected chi connectivity index (χ0v) is 12.9. The molecular weight excluding hydrogens is 274 g/mol. The molecule has 2 aromatic carbocycles. The van der Waals surface area contributed by atoms with Crippen LogP contribution in [0.15, 0.2) is 48.5 Å². The number of amides is 1. The Labute approximate surface area is 131 Å². The number of aryl methyl sites for hydroxylation is 1. The van der Waals surface area contributed by atoms with Gasteiger partial charge in [-0.3, -0.25) is 0 Å². The van der Waals surface area contributed by atoms with Gasteiger partial charge in [0.25, 0.3) is 0 Å². The zero-order valence-electron chi connectivity index (χ0n) is 12.9. The third-order valence-corrected chi connectivity index (χ3v) is 4.21. The number of nitrogens with zero attached hydrogens (tertiary/aromatic N) is 1. The monoisotopic (exact) mass is 295 g/mol. The van der Waals surface area contributed by atoms with E-state index in [0.717, 1.165) is 24.9 Å². The average molecular weight is 295 g/mol. The second-order valence-corrected chi connectivity index (χ2v) is 5.62. The maximum absolute atomic E-state index is 12.2. The van der Waals surface area contributed by atoms with E-state index >= 15 is 0 Å². The van der Waals surface area contributed by atoms with Crippen LogP contribution in [-0.2, 0) is 30.7 Å². The van der Waals surface area contributed by atoms with Gasteiger partial charge in [0.05, 0.1) is 0 Å². The molecule has 3 nitrogen and oxygen atoms in total. The number of benzene rings is 2. The molecule has 3 heteroatoms. The maximum Gasteiger partial charge on any atom is 0.410 e. The van der Waals surface area contributed by atoms with Crippen LogP contribution in [0.1, 0.15) is 29.2 Å². The summed E-state index contributed by atoms with van der Waals surface area (Å²) < 4.78 is 5.43. The van der Waals surface area contributed by atoms with Gasteiger partial charge < -0.3 is 9.64 Å². The first-order chi connectivity index (χ1) is 10.8. The summed E-state index contributed by atoms with van der Waals surface area (Å²) >= 11 is 0. The minimum atomic E-state index is -0.226. The number of rotatable bonds is 3. The second kappa shape index (κ2) is 6.65. The third kappa shape index (κ3) is 3.14. The molecule has 0 atom stereocenters. The number of carbonyl (C=O) groups excluding carboxylic acids is 1. The molecule has 1 aliphatic heterocycles. The van der Waals surface area contributed by atoms with Crippen LogP contribution in [0, 0.1) is 0 Å². The molecule has 0 saturated heterocycles. The summed E-state index contributed by atoms with van der Waals surface area (Å²) in [5.74, 6) is 0. The van der Waals surface area contributed by atoms with E-state index in [4.69, 9.17) is 4.74 Å². The summed E-state index contributed by atoms with van der Waals surface area (Å²) in [7, 11) is 0. The minimum Gasteiger partial charge on any atom is -0.445 e. The molecule has 1 aliphatic rings. The smallest absolute Gasteiger partial charge is 0.410 e. The van der Waals surface area contributed by atoms with Gasteiger partial charge in [0.15, 0.2) is 0 Å². The van der Waals surface area contributed by atoms with Gasteiger partial charge in [-0.1, -0.05) is 55.5 Å². The van der Waals surface area contributed by atoms with E-state index in [1.54, 1.807) is 4.90 Å². The fraction of sp³-hybridized carbons (Fsp3) is 0.316. The Balaban J connectivity index is 1.63. The van der Waals surface area contributed by atoms with Crippen LogP contribution in [-0.4, -0.2) is 17.5 Å². The van der Waals surface area contributed by atoms with Crippen molar-refractivity contribution in [3.63, 3.8) is 0 Å². The Hall–Kier alpha value is -2.29. The molecule has 0 fully saturated rings. The van der Waals surface area contributed by atoms with Crippen LogP contribution in [0.2, 0.25) is 0 Å². The van der Waals surface area contributed by atoms with Crippen molar-refractivity contribution in [1.29, 1.82) is 0 Å². The lowest BCUT2D eigenvalue weighted by molar-refractivity contribution is 0.0918. The molecule has 3 rings (SSSR count). The topological polar surface area (TPSA) is 29.5 Å². The fourth-order valence-corrected chi connectivity index (χ4v) is 2.99. The third-order valence-electron chi connectivity index (χ3n) is 4.21. The first-order valence-corrected chi connectivity index (χ1v) is 7.83. The van der Waals surface area contributed by atoms with Crippen LogP contribution in [0.4, 0.5) is 4.79 Å². The maximum atomic E-state index is 12.2. The van der Waals surface area contributed by atoms with Gasteiger partial charge in [-0.05, 0) is 35.1 Å². The summed E-state index contributed by atoms with van der Waals surface area (Å²) in [6, 6.07) is 16.2. The lowest BCUT2D eigenvalue weighted by Crippen LogP contribution is -2.36. The molecule has 0 aromatic heterocycles. The molecule has 22 heavy (non-hydrogen) atoms. The highest BCUT2D eigenvalue weighted by atomic mass is 16.6. The normalized spacial score (nSPS) is 13.6. The van der Waals surface area contributed by atoms with Crippen LogP contribution < -0.4 is 0 Å². The Kier molecular flexibility index (Phi) is 4.42. The Bertz CT molecular complexity index is 652. The highest BCUT2D eigenvalue weighted by Crippen LogP contribution is 2.23. The van der Waals surface area contributed by atoms with Crippen molar-refractivity contribution in [2.75, 3.05) is 6.54 Å². The number of ether oxygens (including phenoxy) is 1. The number of carbonyl (C=O) groups is 1. The molecular formula is C19H21NO2. The van der Waals surface area contributed by atoms with E-state index < -0.39 is 0 Å². The first-order valence-electron chi connectivity index (χ1n) is 7.83. The Morgan fingerprint density at radius 2 is 1.95 bits per heavy atom. The van der Waals surface area contributed by atoms with Gasteiger partial charge >= 0.3 is 6.09 Å². The van der Waals surface area contributed by atoms with Gasteiger partial charge in [0, 0.05) is 13.1 Å². The summed E-state index contributed by atoms with van der Waals surface area (Å²) in [6.45, 7) is 3.89. The van der Waals surface area contributed by atoms with Crippen molar-refractivity contribution in [3.05, 3.63) is 70.8 Å². The lowest BCUT2D eigenvalue weighted by Gasteiger charge is -2.29. The molecule has 0 unspecified atom stereocenters. The predicted octanol–water partition coefficient (Wildman–Crippen LogP) is 3.94. The Morgan fingerprint density at radius 3 is 2.73 bits per heavy atom. The van der Waals surface area contributed by atoms with Gasteiger partial charge in [0.2, 0.25) is 0 Å². The minimum absolute atomic E-state index is 0.226. The van der Waals surface area contributed by atoms with E-state index in [1.807, 2.05) is 30.3 Å².